The number of rotatable bonds is 11. The van der Waals surface area contributed by atoms with E-state index < -0.39 is 12.0 Å². The van der Waals surface area contributed by atoms with Gasteiger partial charge in [-0.2, -0.15) is 0 Å². The van der Waals surface area contributed by atoms with Crippen LogP contribution in [0.15, 0.2) is 35.5 Å². The van der Waals surface area contributed by atoms with Crippen LogP contribution in [0.4, 0.5) is 5.69 Å². The summed E-state index contributed by atoms with van der Waals surface area (Å²) in [6, 6.07) is 7.05. The first-order chi connectivity index (χ1) is 15.3. The van der Waals surface area contributed by atoms with Crippen LogP contribution in [-0.2, 0) is 19.1 Å². The van der Waals surface area contributed by atoms with Crippen LogP contribution in [0.5, 0.6) is 0 Å². The van der Waals surface area contributed by atoms with Gasteiger partial charge in [0.05, 0.1) is 18.2 Å². The van der Waals surface area contributed by atoms with Crippen molar-refractivity contribution in [2.45, 2.75) is 52.5 Å². The Morgan fingerprint density at radius 1 is 1.22 bits per heavy atom. The maximum Gasteiger partial charge on any atom is 0.338 e. The van der Waals surface area contributed by atoms with Gasteiger partial charge in [0.2, 0.25) is 5.91 Å². The fraction of sp³-hybridized carbons (Fsp3) is 0.542. The molecule has 7 nitrogen and oxygen atoms in total. The Bertz CT molecular complexity index is 838. The van der Waals surface area contributed by atoms with Gasteiger partial charge < -0.3 is 25.0 Å². The molecule has 1 aliphatic rings. The Hall–Kier alpha value is -2.45. The van der Waals surface area contributed by atoms with Gasteiger partial charge in [0.25, 0.3) is 0 Å². The number of esters is 1. The summed E-state index contributed by atoms with van der Waals surface area (Å²) in [6.45, 7) is 6.52. The topological polar surface area (TPSA) is 79.9 Å². The lowest BCUT2D eigenvalue weighted by Gasteiger charge is -2.35. The van der Waals surface area contributed by atoms with Gasteiger partial charge in [-0.25, -0.2) is 4.79 Å². The number of methoxy groups -OCH3 is 1. The second-order valence-electron chi connectivity index (χ2n) is 7.93. The zero-order valence-corrected chi connectivity index (χ0v) is 20.5. The van der Waals surface area contributed by atoms with Crippen LogP contribution >= 0.6 is 12.2 Å². The predicted molar refractivity (Wildman–Crippen MR) is 130 cm³/mol. The van der Waals surface area contributed by atoms with E-state index in [1.807, 2.05) is 45.2 Å². The Kier molecular flexibility index (Phi) is 10.1. The van der Waals surface area contributed by atoms with Crippen molar-refractivity contribution < 1.29 is 19.1 Å². The van der Waals surface area contributed by atoms with Crippen molar-refractivity contribution in [3.05, 3.63) is 41.1 Å². The average Bonchev–Trinajstić information content (AvgIpc) is 2.78. The quantitative estimate of drug-likeness (QED) is 0.291. The van der Waals surface area contributed by atoms with Gasteiger partial charge in [-0.15, -0.1) is 0 Å². The number of carbonyl (C=O) groups is 2. The zero-order valence-electron chi connectivity index (χ0n) is 19.7. The van der Waals surface area contributed by atoms with Gasteiger partial charge in [-0.3, -0.25) is 4.79 Å². The summed E-state index contributed by atoms with van der Waals surface area (Å²) in [5, 5.41) is 6.77. The molecule has 0 fully saturated rings. The fourth-order valence-electron chi connectivity index (χ4n) is 3.62. The second kappa shape index (κ2) is 12.6. The summed E-state index contributed by atoms with van der Waals surface area (Å²) < 4.78 is 10.4. The van der Waals surface area contributed by atoms with Gasteiger partial charge in [-0.05, 0) is 49.7 Å². The van der Waals surface area contributed by atoms with Gasteiger partial charge in [0.1, 0.15) is 6.61 Å². The maximum atomic E-state index is 12.8. The van der Waals surface area contributed by atoms with Gasteiger partial charge in [-0.1, -0.05) is 38.8 Å². The highest BCUT2D eigenvalue weighted by Crippen LogP contribution is 2.31. The van der Waals surface area contributed by atoms with E-state index in [0.717, 1.165) is 42.6 Å². The van der Waals surface area contributed by atoms with Crippen molar-refractivity contribution >= 4 is 34.9 Å². The lowest BCUT2D eigenvalue weighted by molar-refractivity contribution is -0.140. The van der Waals surface area contributed by atoms with Gasteiger partial charge in [0, 0.05) is 31.5 Å². The summed E-state index contributed by atoms with van der Waals surface area (Å²) in [6.07, 6.45) is 3.83. The Labute approximate surface area is 196 Å². The molecule has 8 heteroatoms. The number of nitrogens with zero attached hydrogens (tertiary/aromatic N) is 1. The highest BCUT2D eigenvalue weighted by molar-refractivity contribution is 7.80. The molecule has 0 radical (unpaired) electrons. The summed E-state index contributed by atoms with van der Waals surface area (Å²) in [7, 11) is 3.37. The molecule has 0 aromatic heterocycles. The third-order valence-electron chi connectivity index (χ3n) is 5.78. The largest absolute Gasteiger partial charge is 0.460 e. The van der Waals surface area contributed by atoms with E-state index in [-0.39, 0.29) is 18.4 Å². The number of benzene rings is 1. The fourth-order valence-corrected chi connectivity index (χ4v) is 3.87. The molecule has 0 saturated heterocycles. The highest BCUT2D eigenvalue weighted by atomic mass is 32.1. The standard InChI is InChI=1S/C24H35N3O4S/c1-6-8-9-17(7-2)22(28)25-19-12-10-18(11-13-19)21-20(23(29)31-15-14-30-5)16(3)27(4)24(32)26-21/h10-13,17,21H,6-9,14-15H2,1-5H3,(H,25,28)(H,26,32). The minimum Gasteiger partial charge on any atom is -0.460 e. The van der Waals surface area contributed by atoms with E-state index >= 15 is 0 Å². The SMILES string of the molecule is CCCCC(CC)C(=O)Nc1ccc(C2NC(=S)N(C)C(C)=C2C(=O)OCCOC)cc1. The van der Waals surface area contributed by atoms with E-state index in [1.165, 1.54) is 0 Å². The lowest BCUT2D eigenvalue weighted by Crippen LogP contribution is -2.46. The molecule has 1 aliphatic heterocycles. The Morgan fingerprint density at radius 2 is 1.91 bits per heavy atom. The third kappa shape index (κ3) is 6.53. The zero-order chi connectivity index (χ0) is 23.7. The van der Waals surface area contributed by atoms with Crippen molar-refractivity contribution in [2.24, 2.45) is 5.92 Å². The molecular formula is C24H35N3O4S. The predicted octanol–water partition coefficient (Wildman–Crippen LogP) is 4.17. The molecule has 1 heterocycles. The van der Waals surface area contributed by atoms with Crippen molar-refractivity contribution in [3.8, 4) is 0 Å². The molecule has 0 saturated carbocycles. The summed E-state index contributed by atoms with van der Waals surface area (Å²) in [4.78, 5) is 27.2. The molecular weight excluding hydrogens is 426 g/mol. The third-order valence-corrected chi connectivity index (χ3v) is 6.17. The van der Waals surface area contributed by atoms with Crippen LogP contribution in [0.3, 0.4) is 0 Å². The summed E-state index contributed by atoms with van der Waals surface area (Å²) in [5.41, 5.74) is 2.82. The molecule has 2 atom stereocenters. The van der Waals surface area contributed by atoms with Crippen LogP contribution in [-0.4, -0.2) is 49.3 Å². The van der Waals surface area contributed by atoms with E-state index in [4.69, 9.17) is 21.7 Å². The first kappa shape index (κ1) is 25.8. The van der Waals surface area contributed by atoms with Gasteiger partial charge in [0.15, 0.2) is 5.11 Å². The van der Waals surface area contributed by atoms with Gasteiger partial charge >= 0.3 is 5.97 Å². The smallest absolute Gasteiger partial charge is 0.338 e. The molecule has 0 bridgehead atoms. The van der Waals surface area contributed by atoms with E-state index in [2.05, 4.69) is 17.6 Å². The van der Waals surface area contributed by atoms with Crippen molar-refractivity contribution in [1.82, 2.24) is 10.2 Å². The summed E-state index contributed by atoms with van der Waals surface area (Å²) >= 11 is 5.44. The van der Waals surface area contributed by atoms with Crippen molar-refractivity contribution in [3.63, 3.8) is 0 Å². The molecule has 1 aromatic rings. The number of nitrogens with one attached hydrogen (secondary N) is 2. The van der Waals surface area contributed by atoms with Crippen LogP contribution < -0.4 is 10.6 Å². The minimum absolute atomic E-state index is 0.0154. The maximum absolute atomic E-state index is 12.8. The monoisotopic (exact) mass is 461 g/mol. The Morgan fingerprint density at radius 3 is 2.50 bits per heavy atom. The second-order valence-corrected chi connectivity index (χ2v) is 8.31. The number of ether oxygens (including phenoxy) is 2. The molecule has 2 rings (SSSR count). The molecule has 0 aliphatic carbocycles. The number of anilines is 1. The van der Waals surface area contributed by atoms with Crippen LogP contribution in [0.25, 0.3) is 0 Å². The minimum atomic E-state index is -0.438. The number of carbonyl (C=O) groups excluding carboxylic acids is 2. The first-order valence-electron chi connectivity index (χ1n) is 11.2. The number of thiocarbonyl (C=S) groups is 1. The Balaban J connectivity index is 2.20. The van der Waals surface area contributed by atoms with Crippen LogP contribution in [0.2, 0.25) is 0 Å². The number of allylic oxidation sites excluding steroid dienone is 1. The van der Waals surface area contributed by atoms with Crippen LogP contribution in [0, 0.1) is 5.92 Å². The molecule has 176 valence electrons. The van der Waals surface area contributed by atoms with Crippen molar-refractivity contribution in [2.75, 3.05) is 32.7 Å². The molecule has 0 spiro atoms. The number of unbranched alkanes of at least 4 members (excludes halogenated alkanes) is 1. The molecule has 2 unspecified atom stereocenters. The summed E-state index contributed by atoms with van der Waals surface area (Å²) in [5.74, 6) is -0.350. The van der Waals surface area contributed by atoms with E-state index in [0.29, 0.717) is 17.3 Å². The highest BCUT2D eigenvalue weighted by Gasteiger charge is 2.33. The molecule has 1 amide bonds. The molecule has 32 heavy (non-hydrogen) atoms. The van der Waals surface area contributed by atoms with E-state index in [1.54, 1.807) is 12.0 Å². The normalized spacial score (nSPS) is 17.1. The van der Waals surface area contributed by atoms with Crippen LogP contribution in [0.1, 0.15) is 58.1 Å². The number of hydrogen-bond acceptors (Lipinski definition) is 5. The average molecular weight is 462 g/mol. The lowest BCUT2D eigenvalue weighted by atomic mass is 9.95. The molecule has 2 N–H and O–H groups in total. The number of hydrogen-bond donors (Lipinski definition) is 2. The first-order valence-corrected chi connectivity index (χ1v) is 11.6. The molecule has 1 aromatic carbocycles. The number of amides is 1. The van der Waals surface area contributed by atoms with E-state index in [9.17, 15) is 9.59 Å². The van der Waals surface area contributed by atoms with Crippen molar-refractivity contribution in [1.29, 1.82) is 0 Å².